The summed E-state index contributed by atoms with van der Waals surface area (Å²) in [6.07, 6.45) is 76.2. The van der Waals surface area contributed by atoms with Gasteiger partial charge in [0.05, 0.1) is 39.9 Å². The van der Waals surface area contributed by atoms with Crippen molar-refractivity contribution in [3.63, 3.8) is 0 Å². The van der Waals surface area contributed by atoms with E-state index in [1.54, 1.807) is 6.08 Å². The maximum atomic E-state index is 12.9. The number of likely N-dealkylation sites (N-methyl/N-ethyl adjacent to an activating group) is 1. The normalized spacial score (nSPS) is 14.9. The minimum absolute atomic E-state index is 0.0563. The summed E-state index contributed by atoms with van der Waals surface area (Å²) >= 11 is 0. The third-order valence-electron chi connectivity index (χ3n) is 11.7. The van der Waals surface area contributed by atoms with Gasteiger partial charge in [0, 0.05) is 6.42 Å². The van der Waals surface area contributed by atoms with Gasteiger partial charge in [-0.3, -0.25) is 13.8 Å². The molecule has 3 N–H and O–H groups in total. The number of phosphoric ester groups is 1. The quantitative estimate of drug-likeness (QED) is 0.0243. The Morgan fingerprint density at radius 2 is 0.857 bits per heavy atom. The van der Waals surface area contributed by atoms with Crippen molar-refractivity contribution < 1.29 is 32.9 Å². The van der Waals surface area contributed by atoms with E-state index in [9.17, 15) is 19.4 Å². The van der Waals surface area contributed by atoms with Crippen LogP contribution in [0.15, 0.2) is 122 Å². The van der Waals surface area contributed by atoms with Crippen molar-refractivity contribution in [3.05, 3.63) is 122 Å². The smallest absolute Gasteiger partial charge is 0.387 e. The topological polar surface area (TPSA) is 105 Å². The van der Waals surface area contributed by atoms with Crippen LogP contribution in [-0.2, 0) is 18.4 Å². The van der Waals surface area contributed by atoms with Crippen LogP contribution in [0.1, 0.15) is 206 Å². The van der Waals surface area contributed by atoms with Crippen molar-refractivity contribution in [2.45, 2.75) is 219 Å². The first kappa shape index (κ1) is 66.9. The number of nitrogens with one attached hydrogen (secondary N) is 1. The zero-order chi connectivity index (χ0) is 51.3. The summed E-state index contributed by atoms with van der Waals surface area (Å²) in [5, 5.41) is 13.7. The van der Waals surface area contributed by atoms with Gasteiger partial charge in [-0.2, -0.15) is 0 Å². The van der Waals surface area contributed by atoms with Crippen molar-refractivity contribution in [2.24, 2.45) is 0 Å². The second kappa shape index (κ2) is 50.8. The van der Waals surface area contributed by atoms with Crippen LogP contribution >= 0.6 is 7.82 Å². The predicted molar refractivity (Wildman–Crippen MR) is 304 cm³/mol. The molecule has 70 heavy (non-hydrogen) atoms. The summed E-state index contributed by atoms with van der Waals surface area (Å²) in [5.41, 5.74) is 0. The summed E-state index contributed by atoms with van der Waals surface area (Å²) in [7, 11) is 1.55. The Hall–Kier alpha value is -3.10. The minimum Gasteiger partial charge on any atom is -0.387 e. The van der Waals surface area contributed by atoms with Crippen molar-refractivity contribution in [3.8, 4) is 0 Å². The predicted octanol–water partition coefficient (Wildman–Crippen LogP) is 17.0. The highest BCUT2D eigenvalue weighted by Crippen LogP contribution is 2.43. The molecule has 0 heterocycles. The van der Waals surface area contributed by atoms with Crippen LogP contribution in [0.4, 0.5) is 0 Å². The number of allylic oxidation sites excluding steroid dienone is 19. The summed E-state index contributed by atoms with van der Waals surface area (Å²) in [4.78, 5) is 23.1. The number of carbonyl (C=O) groups excluding carboxylic acids is 1. The van der Waals surface area contributed by atoms with Crippen LogP contribution in [0.3, 0.4) is 0 Å². The molecule has 0 spiro atoms. The number of carbonyl (C=O) groups is 1. The highest BCUT2D eigenvalue weighted by atomic mass is 31.2. The highest BCUT2D eigenvalue weighted by molar-refractivity contribution is 7.47. The third-order valence-corrected chi connectivity index (χ3v) is 12.7. The number of phosphoric acid groups is 1. The molecule has 0 rings (SSSR count). The summed E-state index contributed by atoms with van der Waals surface area (Å²) < 4.78 is 23.5. The maximum Gasteiger partial charge on any atom is 0.472 e. The first-order valence-corrected chi connectivity index (χ1v) is 29.4. The Kier molecular flexibility index (Phi) is 48.6. The molecule has 0 saturated heterocycles. The lowest BCUT2D eigenvalue weighted by molar-refractivity contribution is -0.870. The largest absolute Gasteiger partial charge is 0.472 e. The average Bonchev–Trinajstić information content (AvgIpc) is 3.32. The number of aliphatic hydroxyl groups is 1. The van der Waals surface area contributed by atoms with Crippen LogP contribution < -0.4 is 5.32 Å². The summed E-state index contributed by atoms with van der Waals surface area (Å²) in [6.45, 7) is 4.62. The van der Waals surface area contributed by atoms with E-state index in [-0.39, 0.29) is 19.1 Å². The second-order valence-electron chi connectivity index (χ2n) is 19.6. The zero-order valence-electron chi connectivity index (χ0n) is 45.5. The Balaban J connectivity index is 3.92. The molecule has 0 aliphatic carbocycles. The number of hydrogen-bond donors (Lipinski definition) is 3. The standard InChI is InChI=1S/C61H105N2O6P/c1-6-8-10-12-14-15-16-17-18-19-20-21-22-23-24-25-26-27-28-29-30-31-32-33-34-35-36-37-38-39-40-41-42-43-44-45-46-47-49-51-53-55-61(65)62-59(60(64)54-52-50-48-13-11-9-7-2)58-69-70(66,67)68-57-56-63(3,4)5/h8,10,14-15,17-18,20-21,23-24,26-27,29-30,32-33,35-36,52,54,59-60,64H,6-7,9,11-13,16,19,22,25,28,31,34,37-51,53,55-58H2,1-5H3,(H-,62,65,66,67)/p+1/b10-8-,15-14-,18-17-,21-20-,24-23-,27-26-,30-29-,33-32-,36-35-,54-52+. The number of hydrogen-bond acceptors (Lipinski definition) is 5. The van der Waals surface area contributed by atoms with E-state index in [0.29, 0.717) is 17.4 Å². The molecule has 0 radical (unpaired) electrons. The van der Waals surface area contributed by atoms with E-state index in [2.05, 4.69) is 129 Å². The highest BCUT2D eigenvalue weighted by Gasteiger charge is 2.27. The fourth-order valence-electron chi connectivity index (χ4n) is 7.33. The van der Waals surface area contributed by atoms with Gasteiger partial charge in [0.25, 0.3) is 0 Å². The minimum atomic E-state index is -4.34. The Bertz CT molecular complexity index is 1550. The molecule has 8 nitrogen and oxygen atoms in total. The van der Waals surface area contributed by atoms with E-state index in [1.165, 1.54) is 89.9 Å². The van der Waals surface area contributed by atoms with E-state index in [1.807, 2.05) is 27.2 Å². The van der Waals surface area contributed by atoms with Crippen molar-refractivity contribution in [1.29, 1.82) is 0 Å². The zero-order valence-corrected chi connectivity index (χ0v) is 46.4. The van der Waals surface area contributed by atoms with Gasteiger partial charge in [-0.1, -0.05) is 232 Å². The second-order valence-corrected chi connectivity index (χ2v) is 21.0. The van der Waals surface area contributed by atoms with Crippen LogP contribution in [0, 0.1) is 0 Å². The molecular weight excluding hydrogens is 888 g/mol. The van der Waals surface area contributed by atoms with Gasteiger partial charge >= 0.3 is 7.82 Å². The van der Waals surface area contributed by atoms with Crippen molar-refractivity contribution >= 4 is 13.7 Å². The van der Waals surface area contributed by atoms with Gasteiger partial charge < -0.3 is 19.8 Å². The molecule has 400 valence electrons. The lowest BCUT2D eigenvalue weighted by Gasteiger charge is -2.25. The molecule has 0 fully saturated rings. The monoisotopic (exact) mass is 994 g/mol. The van der Waals surface area contributed by atoms with Gasteiger partial charge in [-0.05, 0) is 89.9 Å². The molecular formula is C61H106N2O6P+. The van der Waals surface area contributed by atoms with Crippen LogP contribution in [0.5, 0.6) is 0 Å². The molecule has 0 aromatic carbocycles. The average molecular weight is 995 g/mol. The first-order valence-electron chi connectivity index (χ1n) is 27.9. The molecule has 0 aliphatic heterocycles. The molecule has 3 atom stereocenters. The number of amides is 1. The Labute approximate surface area is 431 Å². The van der Waals surface area contributed by atoms with Gasteiger partial charge in [-0.25, -0.2) is 4.57 Å². The fraction of sp³-hybridized carbons (Fsp3) is 0.656. The lowest BCUT2D eigenvalue weighted by Crippen LogP contribution is -2.45. The molecule has 0 saturated carbocycles. The molecule has 1 amide bonds. The van der Waals surface area contributed by atoms with E-state index in [4.69, 9.17) is 9.05 Å². The molecule has 0 aromatic heterocycles. The molecule has 0 aliphatic rings. The SMILES string of the molecule is CC/C=C\C/C=C\C/C=C\C/C=C\C/C=C\C/C=C\C/C=C\C/C=C\C/C=C\CCCCCCCCCCCCCCCC(=O)NC(COP(=O)(O)OCC[N+](C)(C)C)C(O)/C=C/CCCCCCC. The fourth-order valence-corrected chi connectivity index (χ4v) is 8.06. The number of aliphatic hydroxyl groups excluding tert-OH is 1. The number of quaternary nitrogens is 1. The van der Waals surface area contributed by atoms with Gasteiger partial charge in [0.1, 0.15) is 13.2 Å². The van der Waals surface area contributed by atoms with E-state index >= 15 is 0 Å². The number of unbranched alkanes of at least 4 members (excludes halogenated alkanes) is 18. The molecule has 3 unspecified atom stereocenters. The van der Waals surface area contributed by atoms with Crippen LogP contribution in [-0.4, -0.2) is 73.4 Å². The third kappa shape index (κ3) is 52.7. The lowest BCUT2D eigenvalue weighted by atomic mass is 10.0. The van der Waals surface area contributed by atoms with Crippen molar-refractivity contribution in [1.82, 2.24) is 5.32 Å². The Morgan fingerprint density at radius 3 is 1.26 bits per heavy atom. The first-order chi connectivity index (χ1) is 34.0. The summed E-state index contributed by atoms with van der Waals surface area (Å²) in [5.74, 6) is -0.188. The molecule has 9 heteroatoms. The Morgan fingerprint density at radius 1 is 0.500 bits per heavy atom. The molecule has 0 aromatic rings. The number of nitrogens with zero attached hydrogens (tertiary/aromatic N) is 1. The van der Waals surface area contributed by atoms with Crippen LogP contribution in [0.25, 0.3) is 0 Å². The maximum absolute atomic E-state index is 12.9. The van der Waals surface area contributed by atoms with Gasteiger partial charge in [0.2, 0.25) is 5.91 Å². The molecule has 0 bridgehead atoms. The van der Waals surface area contributed by atoms with Crippen LogP contribution in [0.2, 0.25) is 0 Å². The van der Waals surface area contributed by atoms with E-state index < -0.39 is 20.0 Å². The summed E-state index contributed by atoms with van der Waals surface area (Å²) in [6, 6.07) is -0.850. The van der Waals surface area contributed by atoms with Gasteiger partial charge in [-0.15, -0.1) is 0 Å². The number of rotatable bonds is 49. The van der Waals surface area contributed by atoms with Crippen molar-refractivity contribution in [2.75, 3.05) is 40.9 Å². The van der Waals surface area contributed by atoms with E-state index in [0.717, 1.165) is 96.3 Å². The van der Waals surface area contributed by atoms with Gasteiger partial charge in [0.15, 0.2) is 0 Å².